The number of aryl methyl sites for hydroxylation is 1. The maximum Gasteiger partial charge on any atom is 0.410 e. The third kappa shape index (κ3) is 4.65. The number of halogens is 3. The monoisotopic (exact) mass is 633 g/mol. The van der Waals surface area contributed by atoms with Crippen molar-refractivity contribution in [1.82, 2.24) is 19.8 Å². The standard InChI is InChI=1S/C30H38BrF2N5O3/c1-29(2,3)41-28(39)38-18-8-9-19(38)15-36(14-18)26-22-20-6-4-7-21(20)23(31)24(33)25(22)34-27(35-26)40-16-30-10-5-11-37(30)13-17(32)12-30/h17-19H,4-16H2,1-3H3/t17-,18-,19+,30+/m1/s1. The summed E-state index contributed by atoms with van der Waals surface area (Å²) in [5.74, 6) is 0.278. The Morgan fingerprint density at radius 2 is 1.83 bits per heavy atom. The van der Waals surface area contributed by atoms with Crippen LogP contribution in [-0.4, -0.2) is 88.0 Å². The number of amides is 1. The SMILES string of the molecule is CC(C)(C)OC(=O)N1[C@@H]2CC[C@H]1CN(c1nc(OC[C@@]34CCCN3C[C@H](F)C4)nc3c(F)c(Br)c4c(c13)CCC4)C2. The van der Waals surface area contributed by atoms with Crippen molar-refractivity contribution >= 4 is 38.7 Å². The van der Waals surface area contributed by atoms with Crippen molar-refractivity contribution in [2.45, 2.75) is 102 Å². The lowest BCUT2D eigenvalue weighted by Crippen LogP contribution is -2.57. The van der Waals surface area contributed by atoms with Crippen molar-refractivity contribution in [3.05, 3.63) is 21.4 Å². The number of rotatable bonds is 4. The van der Waals surface area contributed by atoms with Crippen molar-refractivity contribution in [2.24, 2.45) is 0 Å². The number of anilines is 1. The van der Waals surface area contributed by atoms with Crippen LogP contribution >= 0.6 is 15.9 Å². The van der Waals surface area contributed by atoms with E-state index in [1.165, 1.54) is 0 Å². The van der Waals surface area contributed by atoms with Gasteiger partial charge in [-0.1, -0.05) is 0 Å². The summed E-state index contributed by atoms with van der Waals surface area (Å²) in [6.45, 7) is 8.39. The highest BCUT2D eigenvalue weighted by Gasteiger charge is 2.50. The van der Waals surface area contributed by atoms with Crippen molar-refractivity contribution in [3.63, 3.8) is 0 Å². The van der Waals surface area contributed by atoms with Crippen LogP contribution in [0.1, 0.15) is 70.4 Å². The maximum atomic E-state index is 15.9. The van der Waals surface area contributed by atoms with Gasteiger partial charge >= 0.3 is 12.1 Å². The minimum absolute atomic E-state index is 0.0164. The number of carbonyl (C=O) groups is 1. The number of benzene rings is 1. The normalized spacial score (nSPS) is 29.4. The van der Waals surface area contributed by atoms with Crippen LogP contribution in [0.25, 0.3) is 10.9 Å². The molecule has 5 heterocycles. The zero-order valence-electron chi connectivity index (χ0n) is 24.0. The number of alkyl halides is 1. The van der Waals surface area contributed by atoms with Gasteiger partial charge in [-0.2, -0.15) is 9.97 Å². The van der Waals surface area contributed by atoms with Gasteiger partial charge in [0.15, 0.2) is 5.82 Å². The molecule has 0 N–H and O–H groups in total. The molecule has 11 heteroatoms. The third-order valence-corrected chi connectivity index (χ3v) is 10.5. The van der Waals surface area contributed by atoms with Gasteiger partial charge in [-0.05, 0) is 99.3 Å². The molecule has 4 saturated heterocycles. The topological polar surface area (TPSA) is 71.0 Å². The van der Waals surface area contributed by atoms with Crippen molar-refractivity contribution in [3.8, 4) is 6.01 Å². The number of hydrogen-bond acceptors (Lipinski definition) is 7. The predicted molar refractivity (Wildman–Crippen MR) is 155 cm³/mol. The number of aromatic nitrogens is 2. The molecule has 0 spiro atoms. The molecule has 8 nitrogen and oxygen atoms in total. The second-order valence-electron chi connectivity index (χ2n) is 13.5. The van der Waals surface area contributed by atoms with E-state index in [0.717, 1.165) is 68.0 Å². The lowest BCUT2D eigenvalue weighted by atomic mass is 9.95. The van der Waals surface area contributed by atoms with Gasteiger partial charge in [0.1, 0.15) is 29.7 Å². The molecule has 0 radical (unpaired) electrons. The third-order valence-electron chi connectivity index (χ3n) is 9.67. The molecule has 4 atom stereocenters. The molecule has 0 saturated carbocycles. The molecular formula is C30H38BrF2N5O3. The van der Waals surface area contributed by atoms with Crippen LogP contribution in [0.3, 0.4) is 0 Å². The molecule has 1 aliphatic carbocycles. The van der Waals surface area contributed by atoms with Crippen LogP contribution in [0.4, 0.5) is 19.4 Å². The van der Waals surface area contributed by atoms with E-state index >= 15 is 4.39 Å². The quantitative estimate of drug-likeness (QED) is 0.436. The fourth-order valence-corrected chi connectivity index (χ4v) is 8.62. The summed E-state index contributed by atoms with van der Waals surface area (Å²) in [6, 6.07) is 0.0937. The van der Waals surface area contributed by atoms with Gasteiger partial charge in [-0.15, -0.1) is 0 Å². The van der Waals surface area contributed by atoms with Gasteiger partial charge in [0, 0.05) is 31.4 Å². The number of nitrogens with zero attached hydrogens (tertiary/aromatic N) is 5. The lowest BCUT2D eigenvalue weighted by molar-refractivity contribution is 0.0122. The number of carbonyl (C=O) groups excluding carboxylic acids is 1. The Morgan fingerprint density at radius 3 is 2.56 bits per heavy atom. The maximum absolute atomic E-state index is 15.9. The first kappa shape index (κ1) is 27.6. The largest absolute Gasteiger partial charge is 0.461 e. The van der Waals surface area contributed by atoms with E-state index < -0.39 is 17.6 Å². The van der Waals surface area contributed by atoms with Crippen LogP contribution in [0.5, 0.6) is 6.01 Å². The second kappa shape index (κ2) is 9.89. The van der Waals surface area contributed by atoms with Crippen molar-refractivity contribution in [2.75, 3.05) is 37.7 Å². The van der Waals surface area contributed by atoms with Crippen molar-refractivity contribution in [1.29, 1.82) is 0 Å². The van der Waals surface area contributed by atoms with E-state index in [9.17, 15) is 9.18 Å². The molecule has 4 fully saturated rings. The van der Waals surface area contributed by atoms with Crippen molar-refractivity contribution < 1.29 is 23.0 Å². The molecule has 1 aromatic carbocycles. The molecule has 1 aromatic heterocycles. The Morgan fingerprint density at radius 1 is 1.10 bits per heavy atom. The molecule has 2 aromatic rings. The summed E-state index contributed by atoms with van der Waals surface area (Å²) in [6.07, 6.45) is 5.54. The molecular weight excluding hydrogens is 596 g/mol. The fraction of sp³-hybridized carbons (Fsp3) is 0.700. The lowest BCUT2D eigenvalue weighted by Gasteiger charge is -2.42. The molecule has 1 amide bonds. The van der Waals surface area contributed by atoms with E-state index in [1.54, 1.807) is 0 Å². The van der Waals surface area contributed by atoms with Crippen LogP contribution in [0, 0.1) is 5.82 Å². The van der Waals surface area contributed by atoms with Crippen LogP contribution in [0.15, 0.2) is 4.47 Å². The Labute approximate surface area is 247 Å². The van der Waals surface area contributed by atoms with E-state index in [-0.39, 0.29) is 41.8 Å². The Balaban J connectivity index is 1.25. The second-order valence-corrected chi connectivity index (χ2v) is 14.3. The molecule has 4 aliphatic heterocycles. The average Bonchev–Trinajstić information content (AvgIpc) is 3.66. The first-order chi connectivity index (χ1) is 19.5. The smallest absolute Gasteiger partial charge is 0.410 e. The Kier molecular flexibility index (Phi) is 6.65. The molecule has 0 unspecified atom stereocenters. The molecule has 222 valence electrons. The van der Waals surface area contributed by atoms with E-state index in [0.29, 0.717) is 36.3 Å². The number of fused-ring (bicyclic) bond motifs is 6. The zero-order chi connectivity index (χ0) is 28.7. The van der Waals surface area contributed by atoms with Gasteiger partial charge in [0.05, 0.1) is 22.1 Å². The minimum atomic E-state index is -0.861. The van der Waals surface area contributed by atoms with E-state index in [1.807, 2.05) is 25.7 Å². The Hall–Kier alpha value is -2.27. The van der Waals surface area contributed by atoms with E-state index in [4.69, 9.17) is 14.5 Å². The van der Waals surface area contributed by atoms with Gasteiger partial charge in [-0.3, -0.25) is 9.80 Å². The minimum Gasteiger partial charge on any atom is -0.461 e. The van der Waals surface area contributed by atoms with Crippen LogP contribution < -0.4 is 9.64 Å². The fourth-order valence-electron chi connectivity index (χ4n) is 7.99. The van der Waals surface area contributed by atoms with Gasteiger partial charge in [0.2, 0.25) is 0 Å². The molecule has 41 heavy (non-hydrogen) atoms. The predicted octanol–water partition coefficient (Wildman–Crippen LogP) is 5.56. The summed E-state index contributed by atoms with van der Waals surface area (Å²) in [4.78, 5) is 29.0. The number of ether oxygens (including phenoxy) is 2. The zero-order valence-corrected chi connectivity index (χ0v) is 25.6. The molecule has 5 aliphatic rings. The Bertz CT molecular complexity index is 1390. The summed E-state index contributed by atoms with van der Waals surface area (Å²) < 4.78 is 42.8. The first-order valence-corrected chi connectivity index (χ1v) is 15.8. The average molecular weight is 635 g/mol. The molecule has 2 bridgehead atoms. The summed E-state index contributed by atoms with van der Waals surface area (Å²) in [5.41, 5.74) is 1.42. The van der Waals surface area contributed by atoms with Gasteiger partial charge in [-0.25, -0.2) is 13.6 Å². The van der Waals surface area contributed by atoms with Crippen LogP contribution in [-0.2, 0) is 17.6 Å². The highest BCUT2D eigenvalue weighted by Crippen LogP contribution is 2.44. The first-order valence-electron chi connectivity index (χ1n) is 15.0. The van der Waals surface area contributed by atoms with E-state index in [2.05, 4.69) is 30.7 Å². The highest BCUT2D eigenvalue weighted by molar-refractivity contribution is 9.10. The summed E-state index contributed by atoms with van der Waals surface area (Å²) in [7, 11) is 0. The van der Waals surface area contributed by atoms with Gasteiger partial charge < -0.3 is 14.4 Å². The van der Waals surface area contributed by atoms with Crippen LogP contribution in [0.2, 0.25) is 0 Å². The summed E-state index contributed by atoms with van der Waals surface area (Å²) >= 11 is 3.51. The number of piperazine rings is 1. The number of hydrogen-bond donors (Lipinski definition) is 0. The van der Waals surface area contributed by atoms with Gasteiger partial charge in [0.25, 0.3) is 0 Å². The summed E-state index contributed by atoms with van der Waals surface area (Å²) in [5, 5.41) is 0.751. The molecule has 7 rings (SSSR count). The highest BCUT2D eigenvalue weighted by atomic mass is 79.9.